The van der Waals surface area contributed by atoms with Gasteiger partial charge in [0.15, 0.2) is 11.6 Å². The van der Waals surface area contributed by atoms with Gasteiger partial charge in [0.2, 0.25) is 0 Å². The smallest absolute Gasteiger partial charge is 0.254 e. The average molecular weight is 554 g/mol. The lowest BCUT2D eigenvalue weighted by atomic mass is 10.0. The summed E-state index contributed by atoms with van der Waals surface area (Å²) >= 11 is -2.44. The number of benzene rings is 3. The number of nitrogens with zero attached hydrogens (tertiary/aromatic N) is 2. The molecule has 0 aliphatic rings. The largest absolute Gasteiger partial charge is 0.760 e. The molecule has 0 spiro atoms. The molecule has 1 heterocycles. The highest BCUT2D eigenvalue weighted by atomic mass is 32.2. The lowest BCUT2D eigenvalue weighted by Crippen LogP contribution is -2.27. The highest BCUT2D eigenvalue weighted by Gasteiger charge is 2.18. The molecule has 0 fully saturated rings. The van der Waals surface area contributed by atoms with Crippen molar-refractivity contribution in [2.24, 2.45) is 7.05 Å². The lowest BCUT2D eigenvalue weighted by molar-refractivity contribution is 0.340. The van der Waals surface area contributed by atoms with Crippen molar-refractivity contribution in [3.05, 3.63) is 112 Å². The normalized spacial score (nSPS) is 11.9. The van der Waals surface area contributed by atoms with Crippen LogP contribution in [0.5, 0.6) is 17.2 Å². The van der Waals surface area contributed by atoms with E-state index in [1.54, 1.807) is 38.4 Å². The first-order chi connectivity index (χ1) is 18.7. The highest BCUT2D eigenvalue weighted by molar-refractivity contribution is 7.76. The number of halogens is 2. The van der Waals surface area contributed by atoms with Crippen LogP contribution < -0.4 is 15.0 Å². The summed E-state index contributed by atoms with van der Waals surface area (Å²) < 4.78 is 66.0. The van der Waals surface area contributed by atoms with Crippen molar-refractivity contribution in [1.29, 1.82) is 0 Å². The fourth-order valence-electron chi connectivity index (χ4n) is 4.05. The van der Waals surface area contributed by atoms with Crippen molar-refractivity contribution in [3.8, 4) is 28.4 Å². The molecule has 0 aliphatic carbocycles. The Morgan fingerprint density at radius 1 is 0.923 bits per heavy atom. The summed E-state index contributed by atoms with van der Waals surface area (Å²) in [7, 11) is 1.59. The van der Waals surface area contributed by atoms with Crippen LogP contribution in [0, 0.1) is 11.6 Å². The van der Waals surface area contributed by atoms with Gasteiger partial charge >= 0.3 is 0 Å². The molecule has 3 aromatic carbocycles. The zero-order valence-electron chi connectivity index (χ0n) is 21.4. The maximum absolute atomic E-state index is 14.4. The maximum Gasteiger partial charge on any atom is 0.254 e. The predicted octanol–water partition coefficient (Wildman–Crippen LogP) is 5.36. The molecule has 39 heavy (non-hydrogen) atoms. The zero-order chi connectivity index (χ0) is 27.9. The molecule has 0 N–H and O–H groups in total. The number of ether oxygens (including phenoxy) is 2. The van der Waals surface area contributed by atoms with Gasteiger partial charge in [0.05, 0.1) is 6.61 Å². The average Bonchev–Trinajstić information content (AvgIpc) is 2.91. The van der Waals surface area contributed by atoms with E-state index in [2.05, 4.69) is 0 Å². The van der Waals surface area contributed by atoms with Gasteiger partial charge < -0.3 is 18.6 Å². The Labute approximate surface area is 227 Å². The molecule has 0 saturated heterocycles. The van der Waals surface area contributed by atoms with Crippen LogP contribution in [-0.4, -0.2) is 30.8 Å². The van der Waals surface area contributed by atoms with Gasteiger partial charge in [-0.1, -0.05) is 36.4 Å². The molecule has 1 aromatic heterocycles. The van der Waals surface area contributed by atoms with Crippen molar-refractivity contribution < 1.29 is 27.0 Å². The topological polar surface area (TPSA) is 83.8 Å². The van der Waals surface area contributed by atoms with Crippen LogP contribution in [0.4, 0.5) is 8.78 Å². The Hall–Kier alpha value is -3.86. The minimum absolute atomic E-state index is 0.177. The van der Waals surface area contributed by atoms with E-state index < -0.39 is 22.9 Å². The summed E-state index contributed by atoms with van der Waals surface area (Å²) in [5, 5.41) is 0. The summed E-state index contributed by atoms with van der Waals surface area (Å²) in [5.74, 6) is -1.22. The Bertz CT molecular complexity index is 1530. The molecule has 4 aromatic rings. The van der Waals surface area contributed by atoms with E-state index in [1.807, 2.05) is 30.3 Å². The van der Waals surface area contributed by atoms with Crippen molar-refractivity contribution in [3.63, 3.8) is 0 Å². The van der Waals surface area contributed by atoms with Crippen LogP contribution in [-0.2, 0) is 31.3 Å². The summed E-state index contributed by atoms with van der Waals surface area (Å²) in [4.78, 5) is 12.3. The molecule has 0 radical (unpaired) electrons. The molecule has 0 amide bonds. The highest BCUT2D eigenvalue weighted by Crippen LogP contribution is 2.39. The second-order valence-corrected chi connectivity index (χ2v) is 9.71. The fraction of sp³-hybridized carbons (Fsp3) is 0.207. The van der Waals surface area contributed by atoms with Gasteiger partial charge in [-0.15, -0.1) is 0 Å². The van der Waals surface area contributed by atoms with Gasteiger partial charge in [-0.25, -0.2) is 13.1 Å². The van der Waals surface area contributed by atoms with Crippen LogP contribution in [0.15, 0.2) is 83.8 Å². The molecule has 4 rings (SSSR count). The van der Waals surface area contributed by atoms with Crippen LogP contribution in [0.3, 0.4) is 0 Å². The molecular weight excluding hydrogens is 526 g/mol. The van der Waals surface area contributed by atoms with Crippen molar-refractivity contribution in [1.82, 2.24) is 8.87 Å². The maximum atomic E-state index is 14.4. The standard InChI is InChI=1S/C29H28F2N2O5S/c1-3-37-28-17-29(34)32(2)19-24(28)23-15-20(9-11-26(23)38-27-12-10-22(30)16-25(27)31)13-14-33(39(35)36)18-21-7-5-4-6-8-21/h4-12,15-17,19H,3,13-14,18H2,1-2H3,(H,35,36)/p-1. The summed E-state index contributed by atoms with van der Waals surface area (Å²) in [6, 6.07) is 18.8. The number of hydrogen-bond acceptors (Lipinski definition) is 5. The number of hydrogen-bond donors (Lipinski definition) is 0. The SMILES string of the molecule is CCOc1cc(=O)n(C)cc1-c1cc(CCN(Cc2ccccc2)S(=O)[O-])ccc1Oc1ccc(F)cc1F. The van der Waals surface area contributed by atoms with Gasteiger partial charge in [0.1, 0.15) is 17.3 Å². The van der Waals surface area contributed by atoms with E-state index >= 15 is 0 Å². The number of aromatic nitrogens is 1. The van der Waals surface area contributed by atoms with Crippen molar-refractivity contribution >= 4 is 11.3 Å². The van der Waals surface area contributed by atoms with Gasteiger partial charge in [-0.2, -0.15) is 0 Å². The van der Waals surface area contributed by atoms with E-state index in [9.17, 15) is 22.3 Å². The number of rotatable bonds is 11. The molecule has 0 bridgehead atoms. The summed E-state index contributed by atoms with van der Waals surface area (Å²) in [6.07, 6.45) is 1.96. The third-order valence-corrected chi connectivity index (χ3v) is 6.73. The second kappa shape index (κ2) is 12.8. The van der Waals surface area contributed by atoms with Crippen LogP contribution >= 0.6 is 0 Å². The third kappa shape index (κ3) is 7.17. The first-order valence-corrected chi connectivity index (χ1v) is 13.3. The predicted molar refractivity (Wildman–Crippen MR) is 144 cm³/mol. The first kappa shape index (κ1) is 28.2. The fourth-order valence-corrected chi connectivity index (χ4v) is 4.54. The molecular formula is C29H27F2N2O5S-. The zero-order valence-corrected chi connectivity index (χ0v) is 22.3. The van der Waals surface area contributed by atoms with E-state index in [1.165, 1.54) is 21.0 Å². The van der Waals surface area contributed by atoms with Gasteiger partial charge in [-0.05, 0) is 48.7 Å². The van der Waals surface area contributed by atoms with E-state index in [0.29, 0.717) is 29.9 Å². The Morgan fingerprint density at radius 3 is 2.36 bits per heavy atom. The van der Waals surface area contributed by atoms with E-state index in [-0.39, 0.29) is 30.1 Å². The number of pyridine rings is 1. The van der Waals surface area contributed by atoms with Crippen LogP contribution in [0.1, 0.15) is 18.1 Å². The lowest BCUT2D eigenvalue weighted by Gasteiger charge is -2.24. The van der Waals surface area contributed by atoms with Gasteiger partial charge in [-0.3, -0.25) is 9.00 Å². The first-order valence-electron chi connectivity index (χ1n) is 12.2. The summed E-state index contributed by atoms with van der Waals surface area (Å²) in [5.41, 5.74) is 2.37. The molecule has 1 atom stereocenters. The Balaban J connectivity index is 1.71. The molecule has 1 unspecified atom stereocenters. The number of aryl methyl sites for hydroxylation is 1. The van der Waals surface area contributed by atoms with Crippen LogP contribution in [0.2, 0.25) is 0 Å². The molecule has 10 heteroatoms. The minimum Gasteiger partial charge on any atom is -0.760 e. The monoisotopic (exact) mass is 553 g/mol. The molecule has 0 aliphatic heterocycles. The quantitative estimate of drug-likeness (QED) is 0.234. The third-order valence-electron chi connectivity index (χ3n) is 6.00. The molecule has 7 nitrogen and oxygen atoms in total. The minimum atomic E-state index is -2.44. The second-order valence-electron chi connectivity index (χ2n) is 8.76. The molecule has 204 valence electrons. The van der Waals surface area contributed by atoms with Crippen molar-refractivity contribution in [2.45, 2.75) is 19.9 Å². The van der Waals surface area contributed by atoms with Gasteiger partial charge in [0, 0.05) is 60.9 Å². The van der Waals surface area contributed by atoms with E-state index in [4.69, 9.17) is 9.47 Å². The van der Waals surface area contributed by atoms with Crippen molar-refractivity contribution in [2.75, 3.05) is 13.2 Å². The van der Waals surface area contributed by atoms with Crippen LogP contribution in [0.25, 0.3) is 11.1 Å². The summed E-state index contributed by atoms with van der Waals surface area (Å²) in [6.45, 7) is 2.52. The Kier molecular flexibility index (Phi) is 9.23. The Morgan fingerprint density at radius 2 is 1.67 bits per heavy atom. The molecule has 0 saturated carbocycles. The van der Waals surface area contributed by atoms with E-state index in [0.717, 1.165) is 23.3 Å². The van der Waals surface area contributed by atoms with Gasteiger partial charge in [0.25, 0.3) is 5.56 Å².